The average Bonchev–Trinajstić information content (AvgIpc) is 2.93. The van der Waals surface area contributed by atoms with Gasteiger partial charge in [0.25, 0.3) is 0 Å². The Labute approximate surface area is 124 Å². The molecule has 0 unspecified atom stereocenters. The predicted octanol–water partition coefficient (Wildman–Crippen LogP) is 2.14. The molecule has 2 aromatic rings. The maximum Gasteiger partial charge on any atom is 0.319 e. The molecule has 1 aromatic heterocycles. The topological polar surface area (TPSA) is 79.2 Å². The normalized spacial score (nSPS) is 10.3. The van der Waals surface area contributed by atoms with Gasteiger partial charge < -0.3 is 15.7 Å². The van der Waals surface area contributed by atoms with Gasteiger partial charge in [0.15, 0.2) is 0 Å². The fourth-order valence-corrected chi connectivity index (χ4v) is 2.03. The summed E-state index contributed by atoms with van der Waals surface area (Å²) in [5.41, 5.74) is 1.42. The number of carbonyl (C=O) groups is 1. The molecule has 0 spiro atoms. The highest BCUT2D eigenvalue weighted by Gasteiger charge is 2.09. The first-order valence-electron chi connectivity index (χ1n) is 6.16. The summed E-state index contributed by atoms with van der Waals surface area (Å²) in [6.07, 6.45) is 4.00. The first-order chi connectivity index (χ1) is 9.70. The van der Waals surface area contributed by atoms with Crippen molar-refractivity contribution in [1.29, 1.82) is 0 Å². The van der Waals surface area contributed by atoms with Crippen molar-refractivity contribution in [3.63, 3.8) is 0 Å². The monoisotopic (exact) mass is 338 g/mol. The van der Waals surface area contributed by atoms with Crippen molar-refractivity contribution in [2.24, 2.45) is 0 Å². The quantitative estimate of drug-likeness (QED) is 0.730. The van der Waals surface area contributed by atoms with Gasteiger partial charge in [0.1, 0.15) is 0 Å². The molecule has 0 aliphatic heterocycles. The van der Waals surface area contributed by atoms with Crippen LogP contribution in [-0.2, 0) is 0 Å². The van der Waals surface area contributed by atoms with Gasteiger partial charge in [0.05, 0.1) is 11.4 Å². The zero-order chi connectivity index (χ0) is 14.4. The molecule has 106 valence electrons. The standard InChI is InChI=1S/C13H15BrN4O2/c14-10-3-4-12(18-7-1-6-16-18)11(9-10)17-13(20)15-5-2-8-19/h1,3-4,6-7,9,19H,2,5,8H2,(H2,15,17,20). The van der Waals surface area contributed by atoms with Crippen LogP contribution < -0.4 is 10.6 Å². The number of nitrogens with one attached hydrogen (secondary N) is 2. The molecule has 3 N–H and O–H groups in total. The first kappa shape index (κ1) is 14.5. The van der Waals surface area contributed by atoms with E-state index in [1.165, 1.54) is 0 Å². The van der Waals surface area contributed by atoms with Crippen LogP contribution >= 0.6 is 15.9 Å². The number of anilines is 1. The number of carbonyl (C=O) groups excluding carboxylic acids is 1. The third-order valence-electron chi connectivity index (χ3n) is 2.58. The van der Waals surface area contributed by atoms with Gasteiger partial charge in [0.2, 0.25) is 0 Å². The Kier molecular flexibility index (Phi) is 5.14. The summed E-state index contributed by atoms with van der Waals surface area (Å²) in [5.74, 6) is 0. The Hall–Kier alpha value is -1.86. The number of halogens is 1. The van der Waals surface area contributed by atoms with Crippen molar-refractivity contribution >= 4 is 27.6 Å². The number of aliphatic hydroxyl groups is 1. The van der Waals surface area contributed by atoms with Gasteiger partial charge in [-0.2, -0.15) is 5.10 Å². The molecule has 0 atom stereocenters. The van der Waals surface area contributed by atoms with Crippen molar-refractivity contribution in [2.75, 3.05) is 18.5 Å². The Bertz CT molecular complexity index is 572. The second-order valence-electron chi connectivity index (χ2n) is 4.07. The summed E-state index contributed by atoms with van der Waals surface area (Å²) in [7, 11) is 0. The van der Waals surface area contributed by atoms with E-state index in [2.05, 4.69) is 31.7 Å². The molecule has 0 saturated carbocycles. The average molecular weight is 339 g/mol. The van der Waals surface area contributed by atoms with E-state index in [1.54, 1.807) is 17.1 Å². The second kappa shape index (κ2) is 7.06. The zero-order valence-corrected chi connectivity index (χ0v) is 12.3. The number of aliphatic hydroxyl groups excluding tert-OH is 1. The van der Waals surface area contributed by atoms with Gasteiger partial charge in [-0.1, -0.05) is 15.9 Å². The number of rotatable bonds is 5. The third kappa shape index (κ3) is 3.82. The summed E-state index contributed by atoms with van der Waals surface area (Å²) in [4.78, 5) is 11.8. The van der Waals surface area contributed by atoms with Crippen molar-refractivity contribution < 1.29 is 9.90 Å². The van der Waals surface area contributed by atoms with Gasteiger partial charge in [-0.3, -0.25) is 0 Å². The summed E-state index contributed by atoms with van der Waals surface area (Å²) >= 11 is 3.38. The molecule has 1 heterocycles. The van der Waals surface area contributed by atoms with E-state index in [0.717, 1.165) is 10.2 Å². The van der Waals surface area contributed by atoms with Crippen LogP contribution in [0.2, 0.25) is 0 Å². The number of nitrogens with zero attached hydrogens (tertiary/aromatic N) is 2. The Morgan fingerprint density at radius 2 is 2.30 bits per heavy atom. The smallest absolute Gasteiger partial charge is 0.319 e. The number of hydrogen-bond acceptors (Lipinski definition) is 3. The molecule has 20 heavy (non-hydrogen) atoms. The second-order valence-corrected chi connectivity index (χ2v) is 4.99. The van der Waals surface area contributed by atoms with E-state index in [4.69, 9.17) is 5.11 Å². The van der Waals surface area contributed by atoms with Crippen molar-refractivity contribution in [3.05, 3.63) is 41.1 Å². The van der Waals surface area contributed by atoms with E-state index in [9.17, 15) is 4.79 Å². The van der Waals surface area contributed by atoms with Crippen LogP contribution in [-0.4, -0.2) is 34.1 Å². The highest BCUT2D eigenvalue weighted by molar-refractivity contribution is 9.10. The van der Waals surface area contributed by atoms with Crippen LogP contribution in [0.15, 0.2) is 41.1 Å². The summed E-state index contributed by atoms with van der Waals surface area (Å²) in [6, 6.07) is 7.05. The highest BCUT2D eigenvalue weighted by Crippen LogP contribution is 2.24. The van der Waals surface area contributed by atoms with Gasteiger partial charge >= 0.3 is 6.03 Å². The zero-order valence-electron chi connectivity index (χ0n) is 10.7. The third-order valence-corrected chi connectivity index (χ3v) is 3.07. The van der Waals surface area contributed by atoms with Crippen molar-refractivity contribution in [3.8, 4) is 5.69 Å². The fourth-order valence-electron chi connectivity index (χ4n) is 1.67. The van der Waals surface area contributed by atoms with E-state index in [0.29, 0.717) is 18.7 Å². The van der Waals surface area contributed by atoms with E-state index < -0.39 is 0 Å². The van der Waals surface area contributed by atoms with Gasteiger partial charge in [-0.25, -0.2) is 9.48 Å². The summed E-state index contributed by atoms with van der Waals surface area (Å²) in [6.45, 7) is 0.475. The molecule has 2 rings (SSSR count). The molecular formula is C13H15BrN4O2. The lowest BCUT2D eigenvalue weighted by Crippen LogP contribution is -2.30. The highest BCUT2D eigenvalue weighted by atomic mass is 79.9. The SMILES string of the molecule is O=C(NCCCO)Nc1cc(Br)ccc1-n1cccn1. The maximum atomic E-state index is 11.8. The predicted molar refractivity (Wildman–Crippen MR) is 80.0 cm³/mol. The number of aromatic nitrogens is 2. The molecule has 1 aromatic carbocycles. The summed E-state index contributed by atoms with van der Waals surface area (Å²) < 4.78 is 2.54. The number of hydrogen-bond donors (Lipinski definition) is 3. The molecule has 0 radical (unpaired) electrons. The molecule has 6 nitrogen and oxygen atoms in total. The van der Waals surface area contributed by atoms with Crippen molar-refractivity contribution in [1.82, 2.24) is 15.1 Å². The Morgan fingerprint density at radius 3 is 3.00 bits per heavy atom. The molecule has 0 fully saturated rings. The van der Waals surface area contributed by atoms with Crippen LogP contribution in [0.1, 0.15) is 6.42 Å². The maximum absolute atomic E-state index is 11.8. The molecule has 0 saturated heterocycles. The van der Waals surface area contributed by atoms with Crippen LogP contribution in [0.3, 0.4) is 0 Å². The van der Waals surface area contributed by atoms with Crippen LogP contribution in [0.25, 0.3) is 5.69 Å². The van der Waals surface area contributed by atoms with Gasteiger partial charge in [-0.15, -0.1) is 0 Å². The van der Waals surface area contributed by atoms with Crippen LogP contribution in [0, 0.1) is 0 Å². The molecule has 0 bridgehead atoms. The lowest BCUT2D eigenvalue weighted by Gasteiger charge is -2.12. The molecule has 0 aliphatic carbocycles. The number of benzene rings is 1. The lowest BCUT2D eigenvalue weighted by molar-refractivity contribution is 0.249. The van der Waals surface area contributed by atoms with E-state index >= 15 is 0 Å². The fraction of sp³-hybridized carbons (Fsp3) is 0.231. The largest absolute Gasteiger partial charge is 0.396 e. The lowest BCUT2D eigenvalue weighted by atomic mass is 10.2. The summed E-state index contributed by atoms with van der Waals surface area (Å²) in [5, 5.41) is 18.3. The molecule has 0 aliphatic rings. The Morgan fingerprint density at radius 1 is 1.45 bits per heavy atom. The number of amides is 2. The molecule has 7 heteroatoms. The minimum absolute atomic E-state index is 0.0513. The minimum Gasteiger partial charge on any atom is -0.396 e. The molecule has 2 amide bonds. The van der Waals surface area contributed by atoms with E-state index in [-0.39, 0.29) is 12.6 Å². The molecular weight excluding hydrogens is 324 g/mol. The van der Waals surface area contributed by atoms with Crippen LogP contribution in [0.4, 0.5) is 10.5 Å². The minimum atomic E-state index is -0.315. The van der Waals surface area contributed by atoms with Crippen molar-refractivity contribution in [2.45, 2.75) is 6.42 Å². The van der Waals surface area contributed by atoms with E-state index in [1.807, 2.05) is 24.3 Å². The van der Waals surface area contributed by atoms with Crippen LogP contribution in [0.5, 0.6) is 0 Å². The van der Waals surface area contributed by atoms with Gasteiger partial charge in [-0.05, 0) is 30.7 Å². The first-order valence-corrected chi connectivity index (χ1v) is 6.95. The van der Waals surface area contributed by atoms with Gasteiger partial charge in [0, 0.05) is 30.0 Å². The Balaban J connectivity index is 2.14. The number of urea groups is 1.